The van der Waals surface area contributed by atoms with Gasteiger partial charge in [-0.15, -0.1) is 0 Å². The lowest BCUT2D eigenvalue weighted by Crippen LogP contribution is -2.31. The number of hydrogen-bond acceptors (Lipinski definition) is 5. The van der Waals surface area contributed by atoms with Crippen LogP contribution in [0.5, 0.6) is 5.75 Å². The van der Waals surface area contributed by atoms with Crippen molar-refractivity contribution in [3.63, 3.8) is 0 Å². The molecule has 1 amide bonds. The number of nitro groups is 1. The molecule has 0 fully saturated rings. The summed E-state index contributed by atoms with van der Waals surface area (Å²) in [4.78, 5) is 23.6. The first kappa shape index (κ1) is 16.2. The van der Waals surface area contributed by atoms with Crippen molar-refractivity contribution in [1.82, 2.24) is 4.90 Å². The lowest BCUT2D eigenvalue weighted by molar-refractivity contribution is -0.385. The molecule has 0 heterocycles. The fourth-order valence-corrected chi connectivity index (χ4v) is 1.77. The minimum Gasteiger partial charge on any atom is -0.502 e. The molecule has 7 heteroatoms. The van der Waals surface area contributed by atoms with Gasteiger partial charge in [-0.3, -0.25) is 14.9 Å². The molecule has 110 valence electrons. The SMILES string of the molecule is CCN(CC)C(=O)C(C#N)=Cc1ccc(O)c([N+](=O)[O-])c1. The second kappa shape index (κ2) is 7.05. The third-order valence-electron chi connectivity index (χ3n) is 2.91. The van der Waals surface area contributed by atoms with Gasteiger partial charge in [0.15, 0.2) is 5.75 Å². The molecular weight excluding hydrogens is 274 g/mol. The Morgan fingerprint density at radius 1 is 1.48 bits per heavy atom. The van der Waals surface area contributed by atoms with Crippen molar-refractivity contribution in [2.24, 2.45) is 0 Å². The Hall–Kier alpha value is -2.88. The van der Waals surface area contributed by atoms with Gasteiger partial charge in [0.25, 0.3) is 5.91 Å². The quantitative estimate of drug-likeness (QED) is 0.386. The molecule has 0 spiro atoms. The maximum absolute atomic E-state index is 12.1. The summed E-state index contributed by atoms with van der Waals surface area (Å²) in [6.07, 6.45) is 1.27. The Bertz CT molecular complexity index is 628. The summed E-state index contributed by atoms with van der Waals surface area (Å²) in [5, 5.41) is 29.2. The highest BCUT2D eigenvalue weighted by atomic mass is 16.6. The Balaban J connectivity index is 3.21. The van der Waals surface area contributed by atoms with E-state index in [0.717, 1.165) is 12.1 Å². The number of phenolic OH excluding ortho intramolecular Hbond substituents is 1. The van der Waals surface area contributed by atoms with Crippen molar-refractivity contribution in [2.75, 3.05) is 13.1 Å². The maximum atomic E-state index is 12.1. The van der Waals surface area contributed by atoms with E-state index in [9.17, 15) is 20.0 Å². The minimum atomic E-state index is -0.731. The van der Waals surface area contributed by atoms with Gasteiger partial charge >= 0.3 is 5.69 Å². The Labute approximate surface area is 121 Å². The number of nitriles is 1. The van der Waals surface area contributed by atoms with Gasteiger partial charge in [0.05, 0.1) is 4.92 Å². The number of rotatable bonds is 5. The first-order valence-electron chi connectivity index (χ1n) is 6.33. The topological polar surface area (TPSA) is 107 Å². The van der Waals surface area contributed by atoms with E-state index in [4.69, 9.17) is 5.26 Å². The molecular formula is C14H15N3O4. The molecule has 0 saturated carbocycles. The lowest BCUT2D eigenvalue weighted by Gasteiger charge is -2.17. The molecule has 1 rings (SSSR count). The van der Waals surface area contributed by atoms with Crippen LogP contribution in [-0.4, -0.2) is 33.9 Å². The van der Waals surface area contributed by atoms with E-state index < -0.39 is 22.3 Å². The summed E-state index contributed by atoms with van der Waals surface area (Å²) in [5.74, 6) is -0.899. The number of phenols is 1. The van der Waals surface area contributed by atoms with Crippen LogP contribution >= 0.6 is 0 Å². The van der Waals surface area contributed by atoms with E-state index in [2.05, 4.69) is 0 Å². The first-order chi connectivity index (χ1) is 9.94. The van der Waals surface area contributed by atoms with Gasteiger partial charge < -0.3 is 10.0 Å². The van der Waals surface area contributed by atoms with Crippen LogP contribution in [0.25, 0.3) is 6.08 Å². The van der Waals surface area contributed by atoms with Crippen molar-refractivity contribution in [3.8, 4) is 11.8 Å². The highest BCUT2D eigenvalue weighted by molar-refractivity contribution is 6.01. The van der Waals surface area contributed by atoms with Crippen LogP contribution in [-0.2, 0) is 4.79 Å². The predicted molar refractivity (Wildman–Crippen MR) is 76.3 cm³/mol. The highest BCUT2D eigenvalue weighted by Gasteiger charge is 2.17. The Kier molecular flexibility index (Phi) is 5.43. The lowest BCUT2D eigenvalue weighted by atomic mass is 10.1. The Morgan fingerprint density at radius 2 is 2.10 bits per heavy atom. The number of benzene rings is 1. The van der Waals surface area contributed by atoms with Crippen LogP contribution in [0.4, 0.5) is 5.69 Å². The van der Waals surface area contributed by atoms with Crippen LogP contribution in [0, 0.1) is 21.4 Å². The van der Waals surface area contributed by atoms with Crippen molar-refractivity contribution in [1.29, 1.82) is 5.26 Å². The number of amides is 1. The monoisotopic (exact) mass is 289 g/mol. The molecule has 1 aromatic carbocycles. The fourth-order valence-electron chi connectivity index (χ4n) is 1.77. The third-order valence-corrected chi connectivity index (χ3v) is 2.91. The molecule has 0 atom stereocenters. The molecule has 0 saturated heterocycles. The molecule has 21 heavy (non-hydrogen) atoms. The molecule has 0 bridgehead atoms. The van der Waals surface area contributed by atoms with E-state index in [1.54, 1.807) is 19.9 Å². The number of nitro benzene ring substituents is 1. The summed E-state index contributed by atoms with van der Waals surface area (Å²) < 4.78 is 0. The van der Waals surface area contributed by atoms with Gasteiger partial charge in [-0.1, -0.05) is 6.07 Å². The second-order valence-electron chi connectivity index (χ2n) is 4.15. The van der Waals surface area contributed by atoms with Gasteiger partial charge in [-0.25, -0.2) is 0 Å². The summed E-state index contributed by atoms with van der Waals surface area (Å²) in [5.41, 5.74) is -0.286. The van der Waals surface area contributed by atoms with Crippen LogP contribution in [0.2, 0.25) is 0 Å². The third kappa shape index (κ3) is 3.79. The van der Waals surface area contributed by atoms with Crippen molar-refractivity contribution in [2.45, 2.75) is 13.8 Å². The number of aromatic hydroxyl groups is 1. The molecule has 0 aromatic heterocycles. The number of carbonyl (C=O) groups is 1. The van der Waals surface area contributed by atoms with E-state index in [-0.39, 0.29) is 5.57 Å². The van der Waals surface area contributed by atoms with Gasteiger partial charge in [0.1, 0.15) is 11.6 Å². The van der Waals surface area contributed by atoms with E-state index in [1.807, 2.05) is 0 Å². The number of likely N-dealkylation sites (N-methyl/N-ethyl adjacent to an activating group) is 1. The number of carbonyl (C=O) groups excluding carboxylic acids is 1. The summed E-state index contributed by atoms with van der Waals surface area (Å²) in [7, 11) is 0. The minimum absolute atomic E-state index is 0.112. The molecule has 0 radical (unpaired) electrons. The highest BCUT2D eigenvalue weighted by Crippen LogP contribution is 2.27. The van der Waals surface area contributed by atoms with Gasteiger partial charge in [-0.05, 0) is 31.6 Å². The van der Waals surface area contributed by atoms with E-state index in [0.29, 0.717) is 18.7 Å². The molecule has 1 N–H and O–H groups in total. The molecule has 1 aromatic rings. The zero-order chi connectivity index (χ0) is 16.0. The van der Waals surface area contributed by atoms with Crippen molar-refractivity contribution < 1.29 is 14.8 Å². The first-order valence-corrected chi connectivity index (χ1v) is 6.33. The van der Waals surface area contributed by atoms with Gasteiger partial charge in [-0.2, -0.15) is 5.26 Å². The van der Waals surface area contributed by atoms with Gasteiger partial charge in [0.2, 0.25) is 0 Å². The summed E-state index contributed by atoms with van der Waals surface area (Å²) in [6.45, 7) is 4.51. The fraction of sp³-hybridized carbons (Fsp3) is 0.286. The zero-order valence-corrected chi connectivity index (χ0v) is 11.7. The van der Waals surface area contributed by atoms with Crippen LogP contribution in [0.3, 0.4) is 0 Å². The van der Waals surface area contributed by atoms with Crippen molar-refractivity contribution >= 4 is 17.7 Å². The molecule has 0 aliphatic carbocycles. The Morgan fingerprint density at radius 3 is 2.57 bits per heavy atom. The van der Waals surface area contributed by atoms with Crippen LogP contribution < -0.4 is 0 Å². The predicted octanol–water partition coefficient (Wildman–Crippen LogP) is 2.08. The summed E-state index contributed by atoms with van der Waals surface area (Å²) >= 11 is 0. The molecule has 0 aliphatic rings. The summed E-state index contributed by atoms with van der Waals surface area (Å²) in [6, 6.07) is 5.47. The normalized spacial score (nSPS) is 10.8. The molecule has 7 nitrogen and oxygen atoms in total. The zero-order valence-electron chi connectivity index (χ0n) is 11.7. The standard InChI is InChI=1S/C14H15N3O4/c1-3-16(4-2)14(19)11(9-15)7-10-5-6-13(18)12(8-10)17(20)21/h5-8,18H,3-4H2,1-2H3. The average Bonchev–Trinajstić information content (AvgIpc) is 2.47. The smallest absolute Gasteiger partial charge is 0.311 e. The van der Waals surface area contributed by atoms with Crippen LogP contribution in [0.15, 0.2) is 23.8 Å². The number of hydrogen-bond donors (Lipinski definition) is 1. The number of nitrogens with zero attached hydrogens (tertiary/aromatic N) is 3. The van der Waals surface area contributed by atoms with Crippen LogP contribution in [0.1, 0.15) is 19.4 Å². The maximum Gasteiger partial charge on any atom is 0.311 e. The second-order valence-corrected chi connectivity index (χ2v) is 4.15. The van der Waals surface area contributed by atoms with E-state index >= 15 is 0 Å². The van der Waals surface area contributed by atoms with Crippen molar-refractivity contribution in [3.05, 3.63) is 39.4 Å². The average molecular weight is 289 g/mol. The largest absolute Gasteiger partial charge is 0.502 e. The molecule has 0 unspecified atom stereocenters. The van der Waals surface area contributed by atoms with E-state index in [1.165, 1.54) is 17.0 Å². The molecule has 0 aliphatic heterocycles. The van der Waals surface area contributed by atoms with Gasteiger partial charge in [0, 0.05) is 19.2 Å².